The fraction of sp³-hybridized carbons (Fsp3) is 0.176. The number of anilines is 1. The second kappa shape index (κ2) is 5.61. The summed E-state index contributed by atoms with van der Waals surface area (Å²) in [5.41, 5.74) is 3.95. The lowest BCUT2D eigenvalue weighted by molar-refractivity contribution is 0.358. The predicted molar refractivity (Wildman–Crippen MR) is 79.6 cm³/mol. The molecule has 96 valence electrons. The second-order valence-electron chi connectivity index (χ2n) is 4.59. The van der Waals surface area contributed by atoms with E-state index in [0.29, 0.717) is 6.61 Å². The first kappa shape index (κ1) is 11.8. The number of rotatable bonds is 0. The molecule has 2 aromatic rings. The van der Waals surface area contributed by atoms with Crippen LogP contribution in [0.25, 0.3) is 6.08 Å². The van der Waals surface area contributed by atoms with Crippen LogP contribution in [0.5, 0.6) is 5.75 Å². The molecule has 0 aliphatic carbocycles. The van der Waals surface area contributed by atoms with Crippen LogP contribution in [0.15, 0.2) is 54.6 Å². The summed E-state index contributed by atoms with van der Waals surface area (Å²) < 4.78 is 5.34. The van der Waals surface area contributed by atoms with E-state index in [9.17, 15) is 0 Å². The Balaban J connectivity index is 0.000000117. The van der Waals surface area contributed by atoms with Gasteiger partial charge in [0.2, 0.25) is 0 Å². The zero-order valence-corrected chi connectivity index (χ0v) is 10.8. The lowest BCUT2D eigenvalue weighted by Crippen LogP contribution is -1.98. The van der Waals surface area contributed by atoms with E-state index in [-0.39, 0.29) is 0 Å². The van der Waals surface area contributed by atoms with Crippen LogP contribution < -0.4 is 10.1 Å². The molecule has 2 nitrogen and oxygen atoms in total. The van der Waals surface area contributed by atoms with Crippen molar-refractivity contribution in [3.05, 3.63) is 65.7 Å². The molecule has 2 aromatic carbocycles. The van der Waals surface area contributed by atoms with Gasteiger partial charge in [-0.25, -0.2) is 0 Å². The average Bonchev–Trinajstić information content (AvgIpc) is 2.96. The highest BCUT2D eigenvalue weighted by Crippen LogP contribution is 2.22. The zero-order chi connectivity index (χ0) is 12.9. The van der Waals surface area contributed by atoms with E-state index in [1.165, 1.54) is 23.2 Å². The van der Waals surface area contributed by atoms with Gasteiger partial charge >= 0.3 is 0 Å². The van der Waals surface area contributed by atoms with Crippen molar-refractivity contribution in [1.82, 2.24) is 0 Å². The van der Waals surface area contributed by atoms with Crippen LogP contribution >= 0.6 is 0 Å². The van der Waals surface area contributed by atoms with Crippen LogP contribution in [0, 0.1) is 0 Å². The minimum Gasteiger partial charge on any atom is -0.489 e. The molecule has 19 heavy (non-hydrogen) atoms. The third-order valence-corrected chi connectivity index (χ3v) is 3.28. The molecule has 0 bridgehead atoms. The minimum atomic E-state index is 0.705. The van der Waals surface area contributed by atoms with Crippen LogP contribution in [-0.2, 0) is 6.42 Å². The molecule has 2 aliphatic rings. The normalized spacial score (nSPS) is 14.3. The summed E-state index contributed by atoms with van der Waals surface area (Å²) in [6, 6.07) is 16.5. The van der Waals surface area contributed by atoms with Gasteiger partial charge in [0.25, 0.3) is 0 Å². The second-order valence-corrected chi connectivity index (χ2v) is 4.59. The Bertz CT molecular complexity index is 566. The maximum absolute atomic E-state index is 5.34. The molecule has 0 unspecified atom stereocenters. The van der Waals surface area contributed by atoms with Crippen molar-refractivity contribution in [2.75, 3.05) is 18.5 Å². The molecule has 4 rings (SSSR count). The lowest BCUT2D eigenvalue weighted by Gasteiger charge is -2.10. The monoisotopic (exact) mass is 251 g/mol. The average molecular weight is 251 g/mol. The molecule has 0 atom stereocenters. The zero-order valence-electron chi connectivity index (χ0n) is 10.8. The van der Waals surface area contributed by atoms with Crippen molar-refractivity contribution < 1.29 is 4.74 Å². The highest BCUT2D eigenvalue weighted by atomic mass is 16.5. The minimum absolute atomic E-state index is 0.705. The lowest BCUT2D eigenvalue weighted by atomic mass is 10.1. The molecule has 2 aliphatic heterocycles. The first-order valence-corrected chi connectivity index (χ1v) is 6.63. The van der Waals surface area contributed by atoms with Crippen molar-refractivity contribution >= 4 is 11.8 Å². The summed E-state index contributed by atoms with van der Waals surface area (Å²) in [5, 5.41) is 3.30. The predicted octanol–water partition coefficient (Wildman–Crippen LogP) is 3.75. The summed E-state index contributed by atoms with van der Waals surface area (Å²) in [7, 11) is 0. The highest BCUT2D eigenvalue weighted by Gasteiger charge is 2.06. The Morgan fingerprint density at radius 3 is 2.68 bits per heavy atom. The smallest absolute Gasteiger partial charge is 0.126 e. The van der Waals surface area contributed by atoms with Crippen LogP contribution in [0.2, 0.25) is 0 Å². The first-order valence-electron chi connectivity index (χ1n) is 6.63. The topological polar surface area (TPSA) is 21.3 Å². The largest absolute Gasteiger partial charge is 0.489 e. The quantitative estimate of drug-likeness (QED) is 0.770. The van der Waals surface area contributed by atoms with Crippen molar-refractivity contribution in [3.8, 4) is 5.75 Å². The highest BCUT2D eigenvalue weighted by molar-refractivity contribution is 5.58. The molecule has 0 aromatic heterocycles. The third kappa shape index (κ3) is 2.79. The van der Waals surface area contributed by atoms with Gasteiger partial charge in [-0.05, 0) is 30.2 Å². The Hall–Kier alpha value is -2.22. The standard InChI is InChI=1S/C9H8O.C8H9N/c1-2-6-9-8(4-1)5-3-7-10-9;1-2-4-8-7(3-1)5-6-9-8/h1-6H,7H2;1-4,9H,5-6H2. The van der Waals surface area contributed by atoms with Crippen molar-refractivity contribution in [2.24, 2.45) is 0 Å². The first-order chi connectivity index (χ1) is 9.43. The number of hydrogen-bond donors (Lipinski definition) is 1. The number of benzene rings is 2. The van der Waals surface area contributed by atoms with E-state index >= 15 is 0 Å². The fourth-order valence-electron chi connectivity index (χ4n) is 2.31. The molecule has 2 heteroatoms. The summed E-state index contributed by atoms with van der Waals surface area (Å²) in [6.45, 7) is 1.82. The summed E-state index contributed by atoms with van der Waals surface area (Å²) in [4.78, 5) is 0. The Morgan fingerprint density at radius 2 is 1.79 bits per heavy atom. The third-order valence-electron chi connectivity index (χ3n) is 3.28. The fourth-order valence-corrected chi connectivity index (χ4v) is 2.31. The Kier molecular flexibility index (Phi) is 3.50. The van der Waals surface area contributed by atoms with Gasteiger partial charge in [0.1, 0.15) is 12.4 Å². The van der Waals surface area contributed by atoms with Gasteiger partial charge < -0.3 is 10.1 Å². The SMILES string of the molecule is C1=Cc2ccccc2OC1.c1ccc2c(c1)CCN2. The number of ether oxygens (including phenoxy) is 1. The van der Waals surface area contributed by atoms with Crippen LogP contribution in [-0.4, -0.2) is 13.2 Å². The van der Waals surface area contributed by atoms with Gasteiger partial charge in [0.15, 0.2) is 0 Å². The van der Waals surface area contributed by atoms with Gasteiger partial charge in [0, 0.05) is 17.8 Å². The van der Waals surface area contributed by atoms with E-state index in [1.807, 2.05) is 30.3 Å². The summed E-state index contributed by atoms with van der Waals surface area (Å²) >= 11 is 0. The maximum atomic E-state index is 5.34. The van der Waals surface area contributed by atoms with Gasteiger partial charge in [-0.1, -0.05) is 42.5 Å². The van der Waals surface area contributed by atoms with Gasteiger partial charge in [-0.3, -0.25) is 0 Å². The van der Waals surface area contributed by atoms with E-state index in [2.05, 4.69) is 35.7 Å². The van der Waals surface area contributed by atoms with E-state index in [4.69, 9.17) is 4.74 Å². The number of para-hydroxylation sites is 2. The Morgan fingerprint density at radius 1 is 0.947 bits per heavy atom. The summed E-state index contributed by atoms with van der Waals surface area (Å²) in [6.07, 6.45) is 5.29. The van der Waals surface area contributed by atoms with Crippen molar-refractivity contribution in [1.29, 1.82) is 0 Å². The maximum Gasteiger partial charge on any atom is 0.126 e. The summed E-state index contributed by atoms with van der Waals surface area (Å²) in [5.74, 6) is 0.991. The van der Waals surface area contributed by atoms with E-state index < -0.39 is 0 Å². The molecule has 0 amide bonds. The van der Waals surface area contributed by atoms with Crippen molar-refractivity contribution in [2.45, 2.75) is 6.42 Å². The Labute approximate surface area is 113 Å². The van der Waals surface area contributed by atoms with Crippen LogP contribution in [0.4, 0.5) is 5.69 Å². The number of fused-ring (bicyclic) bond motifs is 2. The molecule has 1 N–H and O–H groups in total. The van der Waals surface area contributed by atoms with Gasteiger partial charge in [-0.15, -0.1) is 0 Å². The molecule has 0 saturated carbocycles. The number of nitrogens with one attached hydrogen (secondary N) is 1. The number of hydrogen-bond acceptors (Lipinski definition) is 2. The molecular formula is C17H17NO. The molecule has 0 radical (unpaired) electrons. The van der Waals surface area contributed by atoms with Crippen LogP contribution in [0.1, 0.15) is 11.1 Å². The van der Waals surface area contributed by atoms with Gasteiger partial charge in [0.05, 0.1) is 0 Å². The molecule has 0 saturated heterocycles. The van der Waals surface area contributed by atoms with E-state index in [0.717, 1.165) is 12.3 Å². The van der Waals surface area contributed by atoms with Crippen LogP contribution in [0.3, 0.4) is 0 Å². The molecule has 2 heterocycles. The molecule has 0 spiro atoms. The molecule has 0 fully saturated rings. The van der Waals surface area contributed by atoms with Crippen molar-refractivity contribution in [3.63, 3.8) is 0 Å². The van der Waals surface area contributed by atoms with E-state index in [1.54, 1.807) is 0 Å². The van der Waals surface area contributed by atoms with Gasteiger partial charge in [-0.2, -0.15) is 0 Å². The molecular weight excluding hydrogens is 234 g/mol.